The number of hydrogen-bond donors (Lipinski definition) is 2. The van der Waals surface area contributed by atoms with E-state index in [-0.39, 0.29) is 5.56 Å². The number of hydrogen-bond acceptors (Lipinski definition) is 5. The van der Waals surface area contributed by atoms with E-state index >= 15 is 0 Å². The number of nitriles is 1. The standard InChI is InChI=1S/C19H22FN3O4/c1-13(17(25)23-19(12-21)9-5-2-6-10-19)27-16(24)11-22-18(26)14-7-3-4-8-15(14)20/h3-4,7-8,13H,2,5-6,9-11H2,1H3,(H,22,26)(H,23,25)/t13-/m1/s1. The maximum absolute atomic E-state index is 13.5. The van der Waals surface area contributed by atoms with Crippen LogP contribution in [0.4, 0.5) is 4.39 Å². The lowest BCUT2D eigenvalue weighted by Gasteiger charge is -2.32. The highest BCUT2D eigenvalue weighted by Gasteiger charge is 2.35. The van der Waals surface area contributed by atoms with E-state index in [1.807, 2.05) is 0 Å². The molecule has 0 spiro atoms. The van der Waals surface area contributed by atoms with Crippen molar-refractivity contribution in [2.45, 2.75) is 50.7 Å². The van der Waals surface area contributed by atoms with Crippen LogP contribution in [0.3, 0.4) is 0 Å². The van der Waals surface area contributed by atoms with Gasteiger partial charge in [-0.2, -0.15) is 5.26 Å². The van der Waals surface area contributed by atoms with Crippen molar-refractivity contribution in [2.75, 3.05) is 6.54 Å². The van der Waals surface area contributed by atoms with E-state index in [0.29, 0.717) is 12.8 Å². The second-order valence-corrected chi connectivity index (χ2v) is 6.54. The SMILES string of the molecule is C[C@@H](OC(=O)CNC(=O)c1ccccc1F)C(=O)NC1(C#N)CCCCC1. The average molecular weight is 375 g/mol. The van der Waals surface area contributed by atoms with Gasteiger partial charge in [-0.25, -0.2) is 4.39 Å². The van der Waals surface area contributed by atoms with Gasteiger partial charge in [-0.3, -0.25) is 14.4 Å². The number of rotatable bonds is 6. The molecule has 2 N–H and O–H groups in total. The molecule has 0 heterocycles. The van der Waals surface area contributed by atoms with Crippen molar-refractivity contribution >= 4 is 17.8 Å². The molecule has 1 aromatic carbocycles. The predicted octanol–water partition coefficient (Wildman–Crippen LogP) is 1.83. The molecule has 2 amide bonds. The maximum atomic E-state index is 13.5. The number of ether oxygens (including phenoxy) is 1. The minimum atomic E-state index is -1.12. The molecule has 1 saturated carbocycles. The Kier molecular flexibility index (Phi) is 6.88. The Morgan fingerprint density at radius 2 is 1.93 bits per heavy atom. The fourth-order valence-electron chi connectivity index (χ4n) is 2.94. The first-order valence-electron chi connectivity index (χ1n) is 8.82. The highest BCUT2D eigenvalue weighted by molar-refractivity contribution is 5.96. The summed E-state index contributed by atoms with van der Waals surface area (Å²) in [7, 11) is 0. The summed E-state index contributed by atoms with van der Waals surface area (Å²) in [4.78, 5) is 35.9. The largest absolute Gasteiger partial charge is 0.451 e. The summed E-state index contributed by atoms with van der Waals surface area (Å²) in [5, 5.41) is 14.3. The molecule has 0 aliphatic heterocycles. The quantitative estimate of drug-likeness (QED) is 0.738. The maximum Gasteiger partial charge on any atom is 0.326 e. The molecule has 2 rings (SSSR count). The van der Waals surface area contributed by atoms with Crippen LogP contribution in [0, 0.1) is 17.1 Å². The average Bonchev–Trinajstić information content (AvgIpc) is 2.67. The fourth-order valence-corrected chi connectivity index (χ4v) is 2.94. The van der Waals surface area contributed by atoms with E-state index in [2.05, 4.69) is 16.7 Å². The van der Waals surface area contributed by atoms with Crippen molar-refractivity contribution in [2.24, 2.45) is 0 Å². The number of esters is 1. The Balaban J connectivity index is 1.82. The van der Waals surface area contributed by atoms with Crippen LogP contribution >= 0.6 is 0 Å². The van der Waals surface area contributed by atoms with Gasteiger partial charge in [0.05, 0.1) is 11.6 Å². The van der Waals surface area contributed by atoms with E-state index in [9.17, 15) is 24.0 Å². The molecule has 27 heavy (non-hydrogen) atoms. The van der Waals surface area contributed by atoms with Crippen molar-refractivity contribution in [3.63, 3.8) is 0 Å². The van der Waals surface area contributed by atoms with E-state index in [1.165, 1.54) is 25.1 Å². The van der Waals surface area contributed by atoms with E-state index in [1.54, 1.807) is 0 Å². The summed E-state index contributed by atoms with van der Waals surface area (Å²) in [6, 6.07) is 7.52. The zero-order valence-corrected chi connectivity index (χ0v) is 15.1. The van der Waals surface area contributed by atoms with Gasteiger partial charge in [0.25, 0.3) is 11.8 Å². The van der Waals surface area contributed by atoms with E-state index in [4.69, 9.17) is 4.74 Å². The van der Waals surface area contributed by atoms with Gasteiger partial charge in [-0.15, -0.1) is 0 Å². The highest BCUT2D eigenvalue weighted by Crippen LogP contribution is 2.27. The van der Waals surface area contributed by atoms with Crippen molar-refractivity contribution in [1.29, 1.82) is 5.26 Å². The van der Waals surface area contributed by atoms with Crippen LogP contribution < -0.4 is 10.6 Å². The first-order chi connectivity index (χ1) is 12.9. The Morgan fingerprint density at radius 1 is 1.26 bits per heavy atom. The molecule has 0 unspecified atom stereocenters. The predicted molar refractivity (Wildman–Crippen MR) is 93.9 cm³/mol. The van der Waals surface area contributed by atoms with Crippen molar-refractivity contribution in [3.8, 4) is 6.07 Å². The Hall–Kier alpha value is -2.95. The second-order valence-electron chi connectivity index (χ2n) is 6.54. The molecule has 144 valence electrons. The van der Waals surface area contributed by atoms with Crippen LogP contribution in [0.5, 0.6) is 0 Å². The van der Waals surface area contributed by atoms with Gasteiger partial charge >= 0.3 is 5.97 Å². The molecule has 1 aliphatic rings. The molecule has 1 fully saturated rings. The summed E-state index contributed by atoms with van der Waals surface area (Å²) in [6.07, 6.45) is 2.73. The number of carbonyl (C=O) groups is 3. The van der Waals surface area contributed by atoms with Gasteiger partial charge in [0, 0.05) is 0 Å². The molecule has 0 bridgehead atoms. The minimum Gasteiger partial charge on any atom is -0.451 e. The highest BCUT2D eigenvalue weighted by atomic mass is 19.1. The van der Waals surface area contributed by atoms with Crippen LogP contribution in [0.15, 0.2) is 24.3 Å². The second kappa shape index (κ2) is 9.12. The molecule has 8 heteroatoms. The van der Waals surface area contributed by atoms with Crippen molar-refractivity contribution in [3.05, 3.63) is 35.6 Å². The third-order valence-corrected chi connectivity index (χ3v) is 4.47. The van der Waals surface area contributed by atoms with E-state index in [0.717, 1.165) is 25.3 Å². The Morgan fingerprint density at radius 3 is 2.56 bits per heavy atom. The normalized spacial score (nSPS) is 16.5. The van der Waals surface area contributed by atoms with Crippen LogP contribution in [0.1, 0.15) is 49.4 Å². The molecular weight excluding hydrogens is 353 g/mol. The molecule has 1 aliphatic carbocycles. The van der Waals surface area contributed by atoms with Gasteiger partial charge in [0.1, 0.15) is 17.9 Å². The van der Waals surface area contributed by atoms with Crippen molar-refractivity contribution < 1.29 is 23.5 Å². The molecule has 1 aromatic rings. The first-order valence-corrected chi connectivity index (χ1v) is 8.82. The number of nitrogens with zero attached hydrogens (tertiary/aromatic N) is 1. The third-order valence-electron chi connectivity index (χ3n) is 4.47. The molecular formula is C19H22FN3O4. The fraction of sp³-hybridized carbons (Fsp3) is 0.474. The summed E-state index contributed by atoms with van der Waals surface area (Å²) in [5.74, 6) is -2.86. The lowest BCUT2D eigenvalue weighted by molar-refractivity contribution is -0.154. The Bertz CT molecular complexity index is 754. The number of carbonyl (C=O) groups excluding carboxylic acids is 3. The molecule has 7 nitrogen and oxygen atoms in total. The van der Waals surface area contributed by atoms with Gasteiger partial charge in [-0.1, -0.05) is 31.4 Å². The number of benzene rings is 1. The third kappa shape index (κ3) is 5.51. The molecule has 0 aromatic heterocycles. The van der Waals surface area contributed by atoms with Crippen LogP contribution in [0.25, 0.3) is 0 Å². The zero-order chi connectivity index (χ0) is 19.9. The number of halogens is 1. The Labute approximate surface area is 156 Å². The van der Waals surface area contributed by atoms with Gasteiger partial charge in [-0.05, 0) is 31.9 Å². The molecule has 0 radical (unpaired) electrons. The van der Waals surface area contributed by atoms with E-state index < -0.39 is 41.8 Å². The van der Waals surface area contributed by atoms with Crippen LogP contribution in [-0.2, 0) is 14.3 Å². The number of amides is 2. The van der Waals surface area contributed by atoms with Gasteiger partial charge in [0.2, 0.25) is 0 Å². The summed E-state index contributed by atoms with van der Waals surface area (Å²) in [6.45, 7) is 0.883. The van der Waals surface area contributed by atoms with Crippen LogP contribution in [-0.4, -0.2) is 36.0 Å². The first kappa shape index (κ1) is 20.4. The topological polar surface area (TPSA) is 108 Å². The van der Waals surface area contributed by atoms with Gasteiger partial charge < -0.3 is 15.4 Å². The lowest BCUT2D eigenvalue weighted by Crippen LogP contribution is -2.52. The van der Waals surface area contributed by atoms with Crippen LogP contribution in [0.2, 0.25) is 0 Å². The van der Waals surface area contributed by atoms with Gasteiger partial charge in [0.15, 0.2) is 6.10 Å². The smallest absolute Gasteiger partial charge is 0.326 e. The summed E-state index contributed by atoms with van der Waals surface area (Å²) < 4.78 is 18.5. The molecule has 1 atom stereocenters. The number of nitrogens with one attached hydrogen (secondary N) is 2. The monoisotopic (exact) mass is 375 g/mol. The lowest BCUT2D eigenvalue weighted by atomic mass is 9.83. The minimum absolute atomic E-state index is 0.190. The molecule has 0 saturated heterocycles. The van der Waals surface area contributed by atoms with Crippen molar-refractivity contribution in [1.82, 2.24) is 10.6 Å². The summed E-state index contributed by atoms with van der Waals surface area (Å²) >= 11 is 0. The summed E-state index contributed by atoms with van der Waals surface area (Å²) in [5.41, 5.74) is -1.11. The zero-order valence-electron chi connectivity index (χ0n) is 15.1.